The highest BCUT2D eigenvalue weighted by molar-refractivity contribution is 6.31. The second-order valence-corrected chi connectivity index (χ2v) is 5.25. The van der Waals surface area contributed by atoms with Crippen LogP contribution in [0.3, 0.4) is 0 Å². The van der Waals surface area contributed by atoms with Gasteiger partial charge in [0.25, 0.3) is 5.69 Å². The average Bonchev–Trinajstić information content (AvgIpc) is 2.41. The van der Waals surface area contributed by atoms with Gasteiger partial charge in [0.1, 0.15) is 5.69 Å². The number of terminal acetylenes is 1. The van der Waals surface area contributed by atoms with E-state index in [0.717, 1.165) is 25.9 Å². The highest BCUT2D eigenvalue weighted by Gasteiger charge is 2.21. The van der Waals surface area contributed by atoms with Gasteiger partial charge in [-0.3, -0.25) is 15.0 Å². The van der Waals surface area contributed by atoms with Crippen LogP contribution in [-0.2, 0) is 0 Å². The van der Waals surface area contributed by atoms with Crippen LogP contribution in [0.15, 0.2) is 18.2 Å². The number of anilines is 1. The second-order valence-electron chi connectivity index (χ2n) is 4.82. The Balaban J connectivity index is 2.02. The number of nitro benzene ring substituents is 1. The minimum atomic E-state index is -0.397. The van der Waals surface area contributed by atoms with Gasteiger partial charge in [-0.15, -0.1) is 6.42 Å². The zero-order valence-electron chi connectivity index (χ0n) is 11.0. The second kappa shape index (κ2) is 6.60. The van der Waals surface area contributed by atoms with Crippen LogP contribution in [0.1, 0.15) is 12.8 Å². The zero-order valence-corrected chi connectivity index (χ0v) is 11.8. The van der Waals surface area contributed by atoms with Crippen molar-refractivity contribution in [2.24, 2.45) is 0 Å². The van der Waals surface area contributed by atoms with Crippen molar-refractivity contribution >= 4 is 23.0 Å². The van der Waals surface area contributed by atoms with Gasteiger partial charge in [-0.2, -0.15) is 0 Å². The molecule has 1 fully saturated rings. The lowest BCUT2D eigenvalue weighted by Gasteiger charge is -2.31. The predicted molar refractivity (Wildman–Crippen MR) is 80.0 cm³/mol. The first-order valence-electron chi connectivity index (χ1n) is 6.46. The molecular weight excluding hydrogens is 278 g/mol. The fraction of sp³-hybridized carbons (Fsp3) is 0.429. The van der Waals surface area contributed by atoms with Crippen LogP contribution < -0.4 is 5.32 Å². The van der Waals surface area contributed by atoms with Gasteiger partial charge < -0.3 is 5.32 Å². The average molecular weight is 294 g/mol. The first-order chi connectivity index (χ1) is 9.60. The van der Waals surface area contributed by atoms with Gasteiger partial charge in [-0.25, -0.2) is 0 Å². The van der Waals surface area contributed by atoms with E-state index in [1.54, 1.807) is 6.07 Å². The lowest BCUT2D eigenvalue weighted by Crippen LogP contribution is -2.39. The van der Waals surface area contributed by atoms with E-state index in [1.807, 2.05) is 0 Å². The maximum absolute atomic E-state index is 11.0. The van der Waals surface area contributed by atoms with Crippen molar-refractivity contribution in [2.75, 3.05) is 25.0 Å². The molecule has 0 saturated carbocycles. The van der Waals surface area contributed by atoms with Gasteiger partial charge in [0.2, 0.25) is 0 Å². The number of nitro groups is 1. The topological polar surface area (TPSA) is 58.4 Å². The molecule has 5 nitrogen and oxygen atoms in total. The first kappa shape index (κ1) is 14.6. The standard InChI is InChI=1S/C14H16ClN3O2/c1-2-7-17-8-5-12(6-9-17)16-13-10-11(15)3-4-14(13)18(19)20/h1,3-4,10,12,16H,5-9H2. The van der Waals surface area contributed by atoms with E-state index in [1.165, 1.54) is 12.1 Å². The molecule has 0 aliphatic carbocycles. The molecule has 6 heteroatoms. The predicted octanol–water partition coefficient (Wildman–Crippen LogP) is 2.76. The molecule has 1 saturated heterocycles. The summed E-state index contributed by atoms with van der Waals surface area (Å²) in [7, 11) is 0. The summed E-state index contributed by atoms with van der Waals surface area (Å²) in [6, 6.07) is 4.77. The number of piperidine rings is 1. The molecule has 2 rings (SSSR count). The van der Waals surface area contributed by atoms with Crippen LogP contribution in [0, 0.1) is 22.5 Å². The Morgan fingerprint density at radius 2 is 2.20 bits per heavy atom. The minimum Gasteiger partial charge on any atom is -0.377 e. The van der Waals surface area contributed by atoms with E-state index in [-0.39, 0.29) is 11.7 Å². The monoisotopic (exact) mass is 293 g/mol. The molecule has 1 aliphatic heterocycles. The number of likely N-dealkylation sites (tertiary alicyclic amines) is 1. The van der Waals surface area contributed by atoms with Crippen molar-refractivity contribution in [3.8, 4) is 12.3 Å². The SMILES string of the molecule is C#CCN1CCC(Nc2cc(Cl)ccc2[N+](=O)[O-])CC1. The number of halogens is 1. The number of hydrogen-bond acceptors (Lipinski definition) is 4. The van der Waals surface area contributed by atoms with E-state index < -0.39 is 4.92 Å². The molecule has 1 aliphatic rings. The van der Waals surface area contributed by atoms with E-state index in [2.05, 4.69) is 16.1 Å². The molecule has 0 spiro atoms. The fourth-order valence-corrected chi connectivity index (χ4v) is 2.54. The summed E-state index contributed by atoms with van der Waals surface area (Å²) in [5.74, 6) is 2.63. The van der Waals surface area contributed by atoms with Crippen molar-refractivity contribution < 1.29 is 4.92 Å². The molecule has 0 amide bonds. The summed E-state index contributed by atoms with van der Waals surface area (Å²) in [6.07, 6.45) is 7.11. The van der Waals surface area contributed by atoms with Crippen LogP contribution in [-0.4, -0.2) is 35.5 Å². The van der Waals surface area contributed by atoms with Crippen molar-refractivity contribution in [3.05, 3.63) is 33.3 Å². The summed E-state index contributed by atoms with van der Waals surface area (Å²) in [4.78, 5) is 12.8. The molecule has 0 bridgehead atoms. The molecule has 1 aromatic rings. The lowest BCUT2D eigenvalue weighted by molar-refractivity contribution is -0.384. The molecule has 1 N–H and O–H groups in total. The van der Waals surface area contributed by atoms with E-state index in [4.69, 9.17) is 18.0 Å². The van der Waals surface area contributed by atoms with Crippen LogP contribution in [0.25, 0.3) is 0 Å². The Bertz CT molecular complexity index is 534. The highest BCUT2D eigenvalue weighted by atomic mass is 35.5. The van der Waals surface area contributed by atoms with Gasteiger partial charge >= 0.3 is 0 Å². The molecule has 0 atom stereocenters. The van der Waals surface area contributed by atoms with Gasteiger partial charge in [-0.1, -0.05) is 17.5 Å². The summed E-state index contributed by atoms with van der Waals surface area (Å²) in [5, 5.41) is 14.7. The molecule has 0 aromatic heterocycles. The van der Waals surface area contributed by atoms with E-state index >= 15 is 0 Å². The van der Waals surface area contributed by atoms with Crippen molar-refractivity contribution in [3.63, 3.8) is 0 Å². The van der Waals surface area contributed by atoms with Crippen molar-refractivity contribution in [1.29, 1.82) is 0 Å². The summed E-state index contributed by atoms with van der Waals surface area (Å²) < 4.78 is 0. The third kappa shape index (κ3) is 3.62. The summed E-state index contributed by atoms with van der Waals surface area (Å²) >= 11 is 5.91. The smallest absolute Gasteiger partial charge is 0.292 e. The maximum Gasteiger partial charge on any atom is 0.292 e. The number of benzene rings is 1. The van der Waals surface area contributed by atoms with Crippen LogP contribution in [0.5, 0.6) is 0 Å². The Hall–Kier alpha value is -1.77. The largest absolute Gasteiger partial charge is 0.377 e. The van der Waals surface area contributed by atoms with Crippen LogP contribution in [0.4, 0.5) is 11.4 Å². The summed E-state index contributed by atoms with van der Waals surface area (Å²) in [5.41, 5.74) is 0.540. The third-order valence-electron chi connectivity index (χ3n) is 3.42. The van der Waals surface area contributed by atoms with Crippen molar-refractivity contribution in [1.82, 2.24) is 4.90 Å². The van der Waals surface area contributed by atoms with E-state index in [9.17, 15) is 10.1 Å². The van der Waals surface area contributed by atoms with Gasteiger partial charge in [0, 0.05) is 30.2 Å². The Morgan fingerprint density at radius 3 is 2.80 bits per heavy atom. The Labute approximate surface area is 123 Å². The Kier molecular flexibility index (Phi) is 4.83. The number of hydrogen-bond donors (Lipinski definition) is 1. The maximum atomic E-state index is 11.0. The lowest BCUT2D eigenvalue weighted by atomic mass is 10.0. The van der Waals surface area contributed by atoms with Crippen molar-refractivity contribution in [2.45, 2.75) is 18.9 Å². The molecule has 0 radical (unpaired) electrons. The fourth-order valence-electron chi connectivity index (χ4n) is 2.37. The number of rotatable bonds is 4. The third-order valence-corrected chi connectivity index (χ3v) is 3.65. The molecule has 20 heavy (non-hydrogen) atoms. The number of nitrogens with zero attached hydrogens (tertiary/aromatic N) is 2. The first-order valence-corrected chi connectivity index (χ1v) is 6.84. The molecule has 1 aromatic carbocycles. The van der Waals surface area contributed by atoms with Crippen LogP contribution >= 0.6 is 11.6 Å². The molecular formula is C14H16ClN3O2. The normalized spacial score (nSPS) is 16.6. The van der Waals surface area contributed by atoms with E-state index in [0.29, 0.717) is 17.3 Å². The molecule has 1 heterocycles. The van der Waals surface area contributed by atoms with Gasteiger partial charge in [-0.05, 0) is 25.0 Å². The Morgan fingerprint density at radius 1 is 1.50 bits per heavy atom. The zero-order chi connectivity index (χ0) is 14.5. The number of nitrogens with one attached hydrogen (secondary N) is 1. The molecule has 106 valence electrons. The minimum absolute atomic E-state index is 0.0560. The molecule has 0 unspecified atom stereocenters. The van der Waals surface area contributed by atoms with Gasteiger partial charge in [0.15, 0.2) is 0 Å². The summed E-state index contributed by atoms with van der Waals surface area (Å²) in [6.45, 7) is 2.45. The highest BCUT2D eigenvalue weighted by Crippen LogP contribution is 2.29. The van der Waals surface area contributed by atoms with Crippen LogP contribution in [0.2, 0.25) is 5.02 Å². The van der Waals surface area contributed by atoms with Gasteiger partial charge in [0.05, 0.1) is 11.5 Å². The quantitative estimate of drug-likeness (QED) is 0.527.